The van der Waals surface area contributed by atoms with E-state index in [4.69, 9.17) is 0 Å². The summed E-state index contributed by atoms with van der Waals surface area (Å²) in [5, 5.41) is 2.80. The maximum absolute atomic E-state index is 11.2. The Kier molecular flexibility index (Phi) is 8.44. The number of carbonyl (C=O) groups is 1. The van der Waals surface area contributed by atoms with E-state index in [-0.39, 0.29) is 11.9 Å². The zero-order valence-corrected chi connectivity index (χ0v) is 9.86. The van der Waals surface area contributed by atoms with Crippen molar-refractivity contribution in [2.75, 3.05) is 0 Å². The van der Waals surface area contributed by atoms with Crippen LogP contribution in [0.15, 0.2) is 36.5 Å². The van der Waals surface area contributed by atoms with Crippen LogP contribution in [-0.4, -0.2) is 11.9 Å². The molecule has 0 aromatic rings. The Morgan fingerprint density at radius 3 is 2.47 bits per heavy atom. The summed E-state index contributed by atoms with van der Waals surface area (Å²) in [7, 11) is 0. The summed E-state index contributed by atoms with van der Waals surface area (Å²) in [5.74, 6) is -0.0116. The van der Waals surface area contributed by atoms with Crippen LogP contribution >= 0.6 is 0 Å². The van der Waals surface area contributed by atoms with Gasteiger partial charge in [-0.1, -0.05) is 30.4 Å². The van der Waals surface area contributed by atoms with E-state index in [2.05, 4.69) is 11.4 Å². The number of nitrogens with one attached hydrogen (secondary N) is 1. The first-order valence-corrected chi connectivity index (χ1v) is 5.41. The molecule has 0 spiro atoms. The molecule has 0 rings (SSSR count). The summed E-state index contributed by atoms with van der Waals surface area (Å²) in [4.78, 5) is 11.2. The Hall–Kier alpha value is -1.31. The van der Waals surface area contributed by atoms with Gasteiger partial charge in [-0.05, 0) is 39.7 Å². The topological polar surface area (TPSA) is 29.1 Å². The van der Waals surface area contributed by atoms with Crippen LogP contribution in [0.2, 0.25) is 0 Å². The van der Waals surface area contributed by atoms with E-state index in [1.54, 1.807) is 6.08 Å². The quantitative estimate of drug-likeness (QED) is 0.405. The number of hydrogen-bond acceptors (Lipinski definition) is 1. The molecule has 1 amide bonds. The Labute approximate surface area is 92.8 Å². The van der Waals surface area contributed by atoms with Gasteiger partial charge in [0.25, 0.3) is 0 Å². The van der Waals surface area contributed by atoms with Crippen LogP contribution in [-0.2, 0) is 4.79 Å². The van der Waals surface area contributed by atoms with Gasteiger partial charge in [0.2, 0.25) is 5.91 Å². The molecule has 0 saturated carbocycles. The summed E-state index contributed by atoms with van der Waals surface area (Å²) in [6.07, 6.45) is 13.5. The summed E-state index contributed by atoms with van der Waals surface area (Å²) in [6.45, 7) is 5.89. The first-order chi connectivity index (χ1) is 7.16. The van der Waals surface area contributed by atoms with Crippen LogP contribution in [0, 0.1) is 0 Å². The fourth-order valence-electron chi connectivity index (χ4n) is 1.00. The molecule has 0 aliphatic carbocycles. The van der Waals surface area contributed by atoms with E-state index in [0.29, 0.717) is 0 Å². The van der Waals surface area contributed by atoms with E-state index >= 15 is 0 Å². The van der Waals surface area contributed by atoms with Gasteiger partial charge >= 0.3 is 0 Å². The standard InChI is InChI=1S/C13H21NO/c1-4-5-6-7-8-9-10-11-13(15)14-12(2)3/h4-7,10-12H,8-9H2,1-3H3,(H,14,15)/b5-4+,7-6+,11-10+. The van der Waals surface area contributed by atoms with Crippen molar-refractivity contribution in [2.45, 2.75) is 39.7 Å². The summed E-state index contributed by atoms with van der Waals surface area (Å²) in [5.41, 5.74) is 0. The van der Waals surface area contributed by atoms with Crippen LogP contribution in [0.4, 0.5) is 0 Å². The van der Waals surface area contributed by atoms with Crippen LogP contribution in [0.1, 0.15) is 33.6 Å². The molecule has 0 aliphatic heterocycles. The third-order valence-electron chi connectivity index (χ3n) is 1.64. The molecule has 0 aromatic heterocycles. The minimum atomic E-state index is -0.0116. The highest BCUT2D eigenvalue weighted by molar-refractivity contribution is 5.87. The average molecular weight is 207 g/mol. The van der Waals surface area contributed by atoms with Crippen molar-refractivity contribution in [3.8, 4) is 0 Å². The molecule has 0 unspecified atom stereocenters. The normalized spacial score (nSPS) is 12.3. The molecule has 1 N–H and O–H groups in total. The predicted molar refractivity (Wildman–Crippen MR) is 65.6 cm³/mol. The number of carbonyl (C=O) groups excluding carboxylic acids is 1. The number of unbranched alkanes of at least 4 members (excludes halogenated alkanes) is 1. The largest absolute Gasteiger partial charge is 0.350 e. The van der Waals surface area contributed by atoms with E-state index in [9.17, 15) is 4.79 Å². The minimum Gasteiger partial charge on any atom is -0.350 e. The molecular weight excluding hydrogens is 186 g/mol. The van der Waals surface area contributed by atoms with Crippen LogP contribution < -0.4 is 5.32 Å². The molecule has 84 valence electrons. The van der Waals surface area contributed by atoms with Gasteiger partial charge in [-0.25, -0.2) is 0 Å². The second-order valence-electron chi connectivity index (χ2n) is 3.60. The van der Waals surface area contributed by atoms with E-state index in [1.165, 1.54) is 0 Å². The van der Waals surface area contributed by atoms with Crippen LogP contribution in [0.5, 0.6) is 0 Å². The van der Waals surface area contributed by atoms with Crippen molar-refractivity contribution < 1.29 is 4.79 Å². The van der Waals surface area contributed by atoms with Crippen LogP contribution in [0.3, 0.4) is 0 Å². The lowest BCUT2D eigenvalue weighted by Gasteiger charge is -2.03. The lowest BCUT2D eigenvalue weighted by molar-refractivity contribution is -0.116. The molecule has 0 fully saturated rings. The highest BCUT2D eigenvalue weighted by atomic mass is 16.1. The summed E-state index contributed by atoms with van der Waals surface area (Å²) < 4.78 is 0. The number of hydrogen-bond donors (Lipinski definition) is 1. The molecule has 15 heavy (non-hydrogen) atoms. The number of allylic oxidation sites excluding steroid dienone is 5. The Morgan fingerprint density at radius 2 is 1.87 bits per heavy atom. The molecule has 0 aromatic carbocycles. The monoisotopic (exact) mass is 207 g/mol. The molecule has 2 heteroatoms. The molecule has 0 aliphatic rings. The van der Waals surface area contributed by atoms with Gasteiger partial charge < -0.3 is 5.32 Å². The molecule has 0 saturated heterocycles. The third kappa shape index (κ3) is 10.6. The van der Waals surface area contributed by atoms with Crippen molar-refractivity contribution in [1.82, 2.24) is 5.32 Å². The van der Waals surface area contributed by atoms with Gasteiger partial charge in [-0.3, -0.25) is 4.79 Å². The van der Waals surface area contributed by atoms with Crippen molar-refractivity contribution in [2.24, 2.45) is 0 Å². The second kappa shape index (κ2) is 9.25. The lowest BCUT2D eigenvalue weighted by Crippen LogP contribution is -2.28. The maximum atomic E-state index is 11.2. The molecule has 0 radical (unpaired) electrons. The molecule has 2 nitrogen and oxygen atoms in total. The molecule has 0 atom stereocenters. The second-order valence-corrected chi connectivity index (χ2v) is 3.60. The van der Waals surface area contributed by atoms with Gasteiger partial charge in [0.05, 0.1) is 0 Å². The third-order valence-corrected chi connectivity index (χ3v) is 1.64. The van der Waals surface area contributed by atoms with E-state index in [0.717, 1.165) is 12.8 Å². The van der Waals surface area contributed by atoms with Gasteiger partial charge in [0.1, 0.15) is 0 Å². The smallest absolute Gasteiger partial charge is 0.243 e. The Balaban J connectivity index is 3.58. The fourth-order valence-corrected chi connectivity index (χ4v) is 1.00. The molecule has 0 heterocycles. The molecule has 0 bridgehead atoms. The zero-order chi connectivity index (χ0) is 11.5. The van der Waals surface area contributed by atoms with Gasteiger partial charge in [0, 0.05) is 6.04 Å². The van der Waals surface area contributed by atoms with Crippen molar-refractivity contribution in [3.05, 3.63) is 36.5 Å². The van der Waals surface area contributed by atoms with Crippen LogP contribution in [0.25, 0.3) is 0 Å². The average Bonchev–Trinajstić information content (AvgIpc) is 2.15. The van der Waals surface area contributed by atoms with Gasteiger partial charge in [-0.15, -0.1) is 0 Å². The maximum Gasteiger partial charge on any atom is 0.243 e. The van der Waals surface area contributed by atoms with E-state index < -0.39 is 0 Å². The van der Waals surface area contributed by atoms with Gasteiger partial charge in [0.15, 0.2) is 0 Å². The van der Waals surface area contributed by atoms with E-state index in [1.807, 2.05) is 45.1 Å². The first kappa shape index (κ1) is 13.7. The molecular formula is C13H21NO. The highest BCUT2D eigenvalue weighted by Gasteiger charge is 1.95. The summed E-state index contributed by atoms with van der Waals surface area (Å²) >= 11 is 0. The Morgan fingerprint density at radius 1 is 1.20 bits per heavy atom. The lowest BCUT2D eigenvalue weighted by atomic mass is 10.2. The predicted octanol–water partition coefficient (Wildman–Crippen LogP) is 2.98. The highest BCUT2D eigenvalue weighted by Crippen LogP contribution is 1.93. The summed E-state index contributed by atoms with van der Waals surface area (Å²) in [6, 6.07) is 0.205. The first-order valence-electron chi connectivity index (χ1n) is 5.41. The minimum absolute atomic E-state index is 0.0116. The van der Waals surface area contributed by atoms with Crippen molar-refractivity contribution in [1.29, 1.82) is 0 Å². The Bertz CT molecular complexity index is 249. The fraction of sp³-hybridized carbons (Fsp3) is 0.462. The van der Waals surface area contributed by atoms with Crippen molar-refractivity contribution >= 4 is 5.91 Å². The van der Waals surface area contributed by atoms with Gasteiger partial charge in [-0.2, -0.15) is 0 Å². The SMILES string of the molecule is C/C=C/C=C/CC/C=C/C(=O)NC(C)C. The zero-order valence-electron chi connectivity index (χ0n) is 9.86. The number of amides is 1. The number of rotatable bonds is 6. The van der Waals surface area contributed by atoms with Crippen molar-refractivity contribution in [3.63, 3.8) is 0 Å².